The molecular weight excluding hydrogens is 385 g/mol. The largest absolute Gasteiger partial charge is 0.518 e. The SMILES string of the molecule is C[Si](C)(C)OC[C@H](O[Si](C)(C)C)[C@@H](O[Si](C)(C)C)C(=O)O[Si](C)(C)C. The fraction of sp³-hybridized carbons (Fsp3) is 0.938. The number of carbonyl (C=O) groups excluding carboxylic acids is 1. The van der Waals surface area contributed by atoms with E-state index >= 15 is 0 Å². The van der Waals surface area contributed by atoms with Crippen molar-refractivity contribution in [1.29, 1.82) is 0 Å². The van der Waals surface area contributed by atoms with Crippen molar-refractivity contribution in [3.63, 3.8) is 0 Å². The van der Waals surface area contributed by atoms with E-state index in [-0.39, 0.29) is 5.97 Å². The van der Waals surface area contributed by atoms with E-state index < -0.39 is 45.5 Å². The molecule has 0 aromatic rings. The van der Waals surface area contributed by atoms with Crippen molar-refractivity contribution in [2.45, 2.75) is 90.8 Å². The molecule has 2 atom stereocenters. The third kappa shape index (κ3) is 14.0. The molecule has 0 saturated heterocycles. The van der Waals surface area contributed by atoms with Gasteiger partial charge in [0.15, 0.2) is 31.1 Å². The summed E-state index contributed by atoms with van der Waals surface area (Å²) in [6.07, 6.45) is -1.14. The molecule has 0 unspecified atom stereocenters. The second-order valence-electron chi connectivity index (χ2n) is 10.4. The Bertz CT molecular complexity index is 430. The molecule has 0 fully saturated rings. The minimum atomic E-state index is -2.01. The molecule has 0 amide bonds. The maximum atomic E-state index is 12.9. The third-order valence-corrected chi connectivity index (χ3v) is 6.46. The fourth-order valence-electron chi connectivity index (χ4n) is 1.99. The molecule has 0 bridgehead atoms. The van der Waals surface area contributed by atoms with Crippen LogP contribution in [0.5, 0.6) is 0 Å². The van der Waals surface area contributed by atoms with Gasteiger partial charge in [0.1, 0.15) is 6.10 Å². The Morgan fingerprint density at radius 2 is 1.12 bits per heavy atom. The fourth-order valence-corrected chi connectivity index (χ4v) is 5.48. The molecule has 0 aliphatic rings. The van der Waals surface area contributed by atoms with E-state index in [9.17, 15) is 4.79 Å². The molecule has 0 aliphatic carbocycles. The van der Waals surface area contributed by atoms with E-state index in [0.29, 0.717) is 6.61 Å². The Kier molecular flexibility index (Phi) is 9.02. The van der Waals surface area contributed by atoms with Crippen molar-refractivity contribution in [1.82, 2.24) is 0 Å². The standard InChI is InChI=1S/C16H40O5Si4/c1-22(2,3)18-13-14(19-23(4,5)6)15(20-24(7,8)9)16(17)21-25(10,11)12/h14-15H,13H2,1-12H3/t14-,15+/m0/s1. The highest BCUT2D eigenvalue weighted by Crippen LogP contribution is 2.21. The number of hydrogen-bond donors (Lipinski definition) is 0. The van der Waals surface area contributed by atoms with Crippen LogP contribution in [0.2, 0.25) is 78.6 Å². The lowest BCUT2D eigenvalue weighted by Crippen LogP contribution is -2.53. The minimum absolute atomic E-state index is 0.302. The second kappa shape index (κ2) is 8.94. The van der Waals surface area contributed by atoms with E-state index in [4.69, 9.17) is 17.7 Å². The van der Waals surface area contributed by atoms with Gasteiger partial charge in [0.2, 0.25) is 8.32 Å². The molecule has 5 nitrogen and oxygen atoms in total. The summed E-state index contributed by atoms with van der Waals surface area (Å²) in [5.41, 5.74) is 0. The van der Waals surface area contributed by atoms with Crippen LogP contribution in [-0.2, 0) is 22.5 Å². The Morgan fingerprint density at radius 3 is 1.44 bits per heavy atom. The van der Waals surface area contributed by atoms with Crippen LogP contribution < -0.4 is 0 Å². The second-order valence-corrected chi connectivity index (χ2v) is 28.2. The van der Waals surface area contributed by atoms with Gasteiger partial charge in [0.05, 0.1) is 6.61 Å². The van der Waals surface area contributed by atoms with E-state index in [2.05, 4.69) is 58.9 Å². The maximum Gasteiger partial charge on any atom is 0.323 e. The number of carbonyl (C=O) groups is 1. The van der Waals surface area contributed by atoms with Gasteiger partial charge in [-0.15, -0.1) is 0 Å². The summed E-state index contributed by atoms with van der Waals surface area (Å²) < 4.78 is 24.4. The van der Waals surface area contributed by atoms with Crippen molar-refractivity contribution < 1.29 is 22.5 Å². The Balaban J connectivity index is 5.58. The number of rotatable bonds is 10. The molecule has 9 heteroatoms. The van der Waals surface area contributed by atoms with Crippen molar-refractivity contribution in [2.24, 2.45) is 0 Å². The van der Waals surface area contributed by atoms with Gasteiger partial charge in [-0.05, 0) is 78.6 Å². The van der Waals surface area contributed by atoms with E-state index in [1.807, 2.05) is 19.6 Å². The van der Waals surface area contributed by atoms with Gasteiger partial charge in [-0.25, -0.2) is 0 Å². The predicted molar refractivity (Wildman–Crippen MR) is 115 cm³/mol. The Hall–Kier alpha value is 0.218. The van der Waals surface area contributed by atoms with Gasteiger partial charge in [-0.1, -0.05) is 0 Å². The topological polar surface area (TPSA) is 54.0 Å². The van der Waals surface area contributed by atoms with Crippen LogP contribution in [0, 0.1) is 0 Å². The van der Waals surface area contributed by atoms with Gasteiger partial charge in [-0.2, -0.15) is 0 Å². The van der Waals surface area contributed by atoms with Gasteiger partial charge in [0, 0.05) is 0 Å². The summed E-state index contributed by atoms with van der Waals surface area (Å²) in [5, 5.41) is 0. The van der Waals surface area contributed by atoms with E-state index in [1.54, 1.807) is 0 Å². The maximum absolute atomic E-state index is 12.9. The summed E-state index contributed by atoms with van der Waals surface area (Å²) in [6.45, 7) is 25.4. The van der Waals surface area contributed by atoms with Crippen LogP contribution in [0.15, 0.2) is 0 Å². The Morgan fingerprint density at radius 1 is 0.680 bits per heavy atom. The zero-order chi connectivity index (χ0) is 20.3. The molecule has 25 heavy (non-hydrogen) atoms. The normalized spacial score (nSPS) is 16.5. The molecule has 0 radical (unpaired) electrons. The highest BCUT2D eigenvalue weighted by Gasteiger charge is 2.40. The van der Waals surface area contributed by atoms with Crippen LogP contribution in [-0.4, -0.2) is 58.1 Å². The molecule has 0 aliphatic heterocycles. The molecule has 0 heterocycles. The lowest BCUT2D eigenvalue weighted by atomic mass is 10.2. The zero-order valence-electron chi connectivity index (χ0n) is 18.4. The van der Waals surface area contributed by atoms with Gasteiger partial charge >= 0.3 is 5.97 Å². The molecule has 0 saturated carbocycles. The van der Waals surface area contributed by atoms with Crippen LogP contribution in [0.4, 0.5) is 0 Å². The van der Waals surface area contributed by atoms with Crippen molar-refractivity contribution >= 4 is 39.2 Å². The van der Waals surface area contributed by atoms with Crippen LogP contribution >= 0.6 is 0 Å². The summed E-state index contributed by atoms with van der Waals surface area (Å²) in [5.74, 6) is -0.302. The first-order chi connectivity index (χ1) is 10.8. The van der Waals surface area contributed by atoms with Gasteiger partial charge in [-0.3, -0.25) is 4.79 Å². The summed E-state index contributed by atoms with van der Waals surface area (Å²) in [7, 11) is -7.60. The highest BCUT2D eigenvalue weighted by molar-refractivity contribution is 6.72. The predicted octanol–water partition coefficient (Wildman–Crippen LogP) is 4.66. The summed E-state index contributed by atoms with van der Waals surface area (Å²) in [4.78, 5) is 12.9. The minimum Gasteiger partial charge on any atom is -0.518 e. The highest BCUT2D eigenvalue weighted by atomic mass is 28.4. The summed E-state index contributed by atoms with van der Waals surface area (Å²) >= 11 is 0. The zero-order valence-corrected chi connectivity index (χ0v) is 22.4. The van der Waals surface area contributed by atoms with Crippen LogP contribution in [0.1, 0.15) is 0 Å². The van der Waals surface area contributed by atoms with Crippen LogP contribution in [0.3, 0.4) is 0 Å². The quantitative estimate of drug-likeness (QED) is 0.477. The lowest BCUT2D eigenvalue weighted by molar-refractivity contribution is -0.149. The van der Waals surface area contributed by atoms with Gasteiger partial charge in [0.25, 0.3) is 0 Å². The molecule has 0 aromatic carbocycles. The first-order valence-corrected chi connectivity index (χ1v) is 22.6. The van der Waals surface area contributed by atoms with E-state index in [0.717, 1.165) is 0 Å². The average molecular weight is 425 g/mol. The first kappa shape index (κ1) is 25.2. The van der Waals surface area contributed by atoms with Crippen molar-refractivity contribution in [2.75, 3.05) is 6.61 Å². The molecule has 0 N–H and O–H groups in total. The van der Waals surface area contributed by atoms with Crippen LogP contribution in [0.25, 0.3) is 0 Å². The van der Waals surface area contributed by atoms with Gasteiger partial charge < -0.3 is 17.7 Å². The third-order valence-electron chi connectivity index (χ3n) is 2.64. The van der Waals surface area contributed by atoms with Crippen molar-refractivity contribution in [3.8, 4) is 0 Å². The van der Waals surface area contributed by atoms with Crippen molar-refractivity contribution in [3.05, 3.63) is 0 Å². The summed E-state index contributed by atoms with van der Waals surface area (Å²) in [6, 6.07) is 0. The average Bonchev–Trinajstić information content (AvgIpc) is 2.25. The molecule has 0 spiro atoms. The smallest absolute Gasteiger partial charge is 0.323 e. The molecular formula is C16H40O5Si4. The molecule has 0 aromatic heterocycles. The molecule has 150 valence electrons. The molecule has 0 rings (SSSR count). The number of hydrogen-bond acceptors (Lipinski definition) is 5. The van der Waals surface area contributed by atoms with E-state index in [1.165, 1.54) is 0 Å². The Labute approximate surface area is 159 Å². The monoisotopic (exact) mass is 424 g/mol. The lowest BCUT2D eigenvalue weighted by Gasteiger charge is -2.37. The first-order valence-electron chi connectivity index (χ1n) is 9.02.